The van der Waals surface area contributed by atoms with Gasteiger partial charge in [0.15, 0.2) is 5.13 Å². The van der Waals surface area contributed by atoms with Gasteiger partial charge in [-0.3, -0.25) is 4.79 Å². The maximum Gasteiger partial charge on any atom is 0.223 e. The largest absolute Gasteiger partial charge is 0.302 e. The number of amides is 1. The molecule has 0 aliphatic heterocycles. The number of carbonyl (C=O) groups is 1. The number of nitrogens with one attached hydrogen (secondary N) is 1. The van der Waals surface area contributed by atoms with Crippen molar-refractivity contribution in [3.63, 3.8) is 0 Å². The van der Waals surface area contributed by atoms with E-state index in [1.165, 1.54) is 18.3 Å². The van der Waals surface area contributed by atoms with Crippen molar-refractivity contribution in [3.05, 3.63) is 24.7 Å². The summed E-state index contributed by atoms with van der Waals surface area (Å²) in [6.45, 7) is 1.45. The molecule has 0 spiro atoms. The molecule has 1 N–H and O–H groups in total. The number of carbonyl (C=O) groups excluding carboxylic acids is 1. The Morgan fingerprint density at radius 2 is 2.50 bits per heavy atom. The minimum absolute atomic E-state index is 0.119. The maximum atomic E-state index is 10.7. The van der Waals surface area contributed by atoms with E-state index in [4.69, 9.17) is 0 Å². The van der Waals surface area contributed by atoms with Gasteiger partial charge in [-0.15, -0.1) is 0 Å². The monoisotopic (exact) mass is 208 g/mol. The molecule has 0 bridgehead atoms. The van der Waals surface area contributed by atoms with E-state index >= 15 is 0 Å². The van der Waals surface area contributed by atoms with Gasteiger partial charge in [0.05, 0.1) is 6.20 Å². The Labute approximate surface area is 84.4 Å². The molecule has 1 amide bonds. The van der Waals surface area contributed by atoms with Gasteiger partial charge in [0.2, 0.25) is 5.91 Å². The van der Waals surface area contributed by atoms with Gasteiger partial charge in [0.1, 0.15) is 5.00 Å². The SMILES string of the molecule is CC(=O)Nc1ncc(-n2cccn2)s1. The highest BCUT2D eigenvalue weighted by atomic mass is 32.1. The summed E-state index contributed by atoms with van der Waals surface area (Å²) in [5.74, 6) is -0.119. The number of rotatable bonds is 2. The summed E-state index contributed by atoms with van der Waals surface area (Å²) in [6, 6.07) is 1.83. The van der Waals surface area contributed by atoms with Crippen molar-refractivity contribution >= 4 is 22.4 Å². The van der Waals surface area contributed by atoms with Crippen LogP contribution in [0.25, 0.3) is 5.00 Å². The zero-order valence-corrected chi connectivity index (χ0v) is 8.28. The van der Waals surface area contributed by atoms with Crippen molar-refractivity contribution in [1.82, 2.24) is 14.8 Å². The van der Waals surface area contributed by atoms with Crippen LogP contribution in [0.1, 0.15) is 6.92 Å². The van der Waals surface area contributed by atoms with Crippen LogP contribution in [-0.2, 0) is 4.79 Å². The van der Waals surface area contributed by atoms with E-state index in [1.807, 2.05) is 12.3 Å². The molecule has 0 aliphatic rings. The van der Waals surface area contributed by atoms with E-state index in [0.29, 0.717) is 5.13 Å². The molecule has 0 aliphatic carbocycles. The number of thiazole rings is 1. The van der Waals surface area contributed by atoms with Gasteiger partial charge >= 0.3 is 0 Å². The lowest BCUT2D eigenvalue weighted by molar-refractivity contribution is -0.114. The fourth-order valence-electron chi connectivity index (χ4n) is 0.979. The smallest absolute Gasteiger partial charge is 0.223 e. The molecule has 0 atom stereocenters. The molecule has 6 heteroatoms. The van der Waals surface area contributed by atoms with Crippen molar-refractivity contribution in [3.8, 4) is 5.00 Å². The average Bonchev–Trinajstić information content (AvgIpc) is 2.69. The van der Waals surface area contributed by atoms with E-state index < -0.39 is 0 Å². The lowest BCUT2D eigenvalue weighted by Crippen LogP contribution is -2.04. The first-order chi connectivity index (χ1) is 6.75. The van der Waals surface area contributed by atoms with Gasteiger partial charge in [-0.1, -0.05) is 11.3 Å². The van der Waals surface area contributed by atoms with Crippen molar-refractivity contribution in [2.24, 2.45) is 0 Å². The van der Waals surface area contributed by atoms with Gasteiger partial charge in [-0.25, -0.2) is 9.67 Å². The van der Waals surface area contributed by atoms with Crippen LogP contribution in [0.15, 0.2) is 24.7 Å². The quantitative estimate of drug-likeness (QED) is 0.808. The Morgan fingerprint density at radius 1 is 1.64 bits per heavy atom. The zero-order chi connectivity index (χ0) is 9.97. The van der Waals surface area contributed by atoms with Crippen LogP contribution in [0.2, 0.25) is 0 Å². The van der Waals surface area contributed by atoms with Crippen LogP contribution >= 0.6 is 11.3 Å². The molecule has 5 nitrogen and oxygen atoms in total. The van der Waals surface area contributed by atoms with Gasteiger partial charge < -0.3 is 5.32 Å². The standard InChI is InChI=1S/C8H8N4OS/c1-6(13)11-8-9-5-7(14-8)12-4-2-3-10-12/h2-5H,1H3,(H,9,11,13). The summed E-state index contributed by atoms with van der Waals surface area (Å²) in [7, 11) is 0. The number of aromatic nitrogens is 3. The molecular formula is C8H8N4OS. The highest BCUT2D eigenvalue weighted by Gasteiger charge is 2.04. The molecule has 14 heavy (non-hydrogen) atoms. The van der Waals surface area contributed by atoms with Crippen LogP contribution in [0.4, 0.5) is 5.13 Å². The minimum atomic E-state index is -0.119. The molecular weight excluding hydrogens is 200 g/mol. The molecule has 2 aromatic rings. The third-order valence-electron chi connectivity index (χ3n) is 1.51. The summed E-state index contributed by atoms with van der Waals surface area (Å²) in [4.78, 5) is 14.8. The molecule has 0 radical (unpaired) electrons. The van der Waals surface area contributed by atoms with Crippen molar-refractivity contribution < 1.29 is 4.79 Å². The van der Waals surface area contributed by atoms with E-state index in [0.717, 1.165) is 5.00 Å². The first-order valence-corrected chi connectivity index (χ1v) is 4.81. The number of nitrogens with zero attached hydrogens (tertiary/aromatic N) is 3. The van der Waals surface area contributed by atoms with Crippen LogP contribution in [0.3, 0.4) is 0 Å². The second kappa shape index (κ2) is 3.59. The third-order valence-corrected chi connectivity index (χ3v) is 2.41. The molecule has 0 unspecified atom stereocenters. The van der Waals surface area contributed by atoms with Crippen LogP contribution in [0.5, 0.6) is 0 Å². The Hall–Kier alpha value is -1.69. The van der Waals surface area contributed by atoms with Gasteiger partial charge in [-0.05, 0) is 6.07 Å². The topological polar surface area (TPSA) is 59.8 Å². The minimum Gasteiger partial charge on any atom is -0.302 e. The Bertz CT molecular complexity index is 434. The maximum absolute atomic E-state index is 10.7. The molecule has 0 saturated heterocycles. The van der Waals surface area contributed by atoms with Gasteiger partial charge in [-0.2, -0.15) is 5.10 Å². The van der Waals surface area contributed by atoms with Crippen LogP contribution < -0.4 is 5.32 Å². The van der Waals surface area contributed by atoms with E-state index in [1.54, 1.807) is 17.1 Å². The van der Waals surface area contributed by atoms with E-state index in [-0.39, 0.29) is 5.91 Å². The lowest BCUT2D eigenvalue weighted by Gasteiger charge is -1.93. The van der Waals surface area contributed by atoms with E-state index in [9.17, 15) is 4.79 Å². The normalized spacial score (nSPS) is 10.1. The van der Waals surface area contributed by atoms with Gasteiger partial charge in [0, 0.05) is 19.3 Å². The van der Waals surface area contributed by atoms with Crippen LogP contribution in [-0.4, -0.2) is 20.7 Å². The highest BCUT2D eigenvalue weighted by Crippen LogP contribution is 2.20. The Morgan fingerprint density at radius 3 is 3.14 bits per heavy atom. The van der Waals surface area contributed by atoms with Crippen molar-refractivity contribution in [2.45, 2.75) is 6.92 Å². The second-order valence-electron chi connectivity index (χ2n) is 2.64. The second-order valence-corrected chi connectivity index (χ2v) is 3.64. The Balaban J connectivity index is 2.22. The summed E-state index contributed by atoms with van der Waals surface area (Å²) in [5, 5.41) is 8.13. The first-order valence-electron chi connectivity index (χ1n) is 3.99. The van der Waals surface area contributed by atoms with E-state index in [2.05, 4.69) is 15.4 Å². The molecule has 2 rings (SSSR count). The number of anilines is 1. The molecule has 2 heterocycles. The molecule has 2 aromatic heterocycles. The molecule has 0 saturated carbocycles. The molecule has 0 aromatic carbocycles. The highest BCUT2D eigenvalue weighted by molar-refractivity contribution is 7.18. The van der Waals surface area contributed by atoms with Crippen LogP contribution in [0, 0.1) is 0 Å². The summed E-state index contributed by atoms with van der Waals surface area (Å²) in [6.07, 6.45) is 5.19. The Kier molecular flexibility index (Phi) is 2.28. The van der Waals surface area contributed by atoms with Gasteiger partial charge in [0.25, 0.3) is 0 Å². The average molecular weight is 208 g/mol. The fourth-order valence-corrected chi connectivity index (χ4v) is 1.78. The van der Waals surface area contributed by atoms with Crippen molar-refractivity contribution in [2.75, 3.05) is 5.32 Å². The predicted molar refractivity (Wildman–Crippen MR) is 53.5 cm³/mol. The fraction of sp³-hybridized carbons (Fsp3) is 0.125. The zero-order valence-electron chi connectivity index (χ0n) is 7.47. The molecule has 72 valence electrons. The molecule has 0 fully saturated rings. The number of hydrogen-bond donors (Lipinski definition) is 1. The lowest BCUT2D eigenvalue weighted by atomic mass is 10.7. The first kappa shape index (κ1) is 8.89. The summed E-state index contributed by atoms with van der Waals surface area (Å²) < 4.78 is 1.70. The third kappa shape index (κ3) is 1.80. The predicted octanol–water partition coefficient (Wildman–Crippen LogP) is 1.29. The van der Waals surface area contributed by atoms with Crippen molar-refractivity contribution in [1.29, 1.82) is 0 Å². The summed E-state index contributed by atoms with van der Waals surface area (Å²) in [5.41, 5.74) is 0. The summed E-state index contributed by atoms with van der Waals surface area (Å²) >= 11 is 1.38. The number of hydrogen-bond acceptors (Lipinski definition) is 4.